The van der Waals surface area contributed by atoms with Gasteiger partial charge in [-0.05, 0) is 70.5 Å². The van der Waals surface area contributed by atoms with Gasteiger partial charge < -0.3 is 0 Å². The zero-order valence-electron chi connectivity index (χ0n) is 27.2. The van der Waals surface area contributed by atoms with Crippen LogP contribution in [0.4, 0.5) is 0 Å². The Balaban J connectivity index is 1.22. The van der Waals surface area contributed by atoms with Crippen LogP contribution >= 0.6 is 11.6 Å². The molecule has 49 heavy (non-hydrogen) atoms. The van der Waals surface area contributed by atoms with E-state index in [0.717, 1.165) is 50.1 Å². The number of hydrogen-bond donors (Lipinski definition) is 0. The van der Waals surface area contributed by atoms with E-state index in [1.807, 2.05) is 24.3 Å². The first kappa shape index (κ1) is 29.8. The highest BCUT2D eigenvalue weighted by Crippen LogP contribution is 2.57. The summed E-state index contributed by atoms with van der Waals surface area (Å²) >= 11 is 6.61. The molecule has 1 spiro atoms. The van der Waals surface area contributed by atoms with Gasteiger partial charge in [-0.15, -0.1) is 0 Å². The summed E-state index contributed by atoms with van der Waals surface area (Å²) in [4.78, 5) is 10.9. The molecule has 2 aliphatic rings. The van der Waals surface area contributed by atoms with Crippen molar-refractivity contribution in [1.82, 2.24) is 9.97 Å². The number of aromatic nitrogens is 2. The van der Waals surface area contributed by atoms with Gasteiger partial charge in [0.15, 0.2) is 0 Å². The van der Waals surface area contributed by atoms with Crippen LogP contribution in [0.1, 0.15) is 43.2 Å². The second-order valence-electron chi connectivity index (χ2n) is 13.4. The van der Waals surface area contributed by atoms with E-state index < -0.39 is 0 Å². The molecule has 0 amide bonds. The van der Waals surface area contributed by atoms with E-state index in [4.69, 9.17) is 21.6 Å². The minimum atomic E-state index is 0.0330. The molecule has 0 N–H and O–H groups in total. The van der Waals surface area contributed by atoms with Crippen LogP contribution in [0, 0.1) is 0 Å². The molecular weight excluding hydrogens is 616 g/mol. The van der Waals surface area contributed by atoms with Gasteiger partial charge in [0.05, 0.1) is 22.8 Å². The van der Waals surface area contributed by atoms with Crippen molar-refractivity contribution in [3.63, 3.8) is 0 Å². The standard InChI is InChI=1S/C46H35ClN2/c47-37-23-25-39-38-24-22-35(29-40(38)46(41(39)30-37)26-11-4-12-27-46)34-20-13-21-36(28-34)45-44(33-18-9-3-10-19-33)48-42(31-14-5-1-6-15-31)43(49-45)32-16-7-2-8-17-32/h1-3,5-10,13-25,28-30H,4,11-12,26-27H2. The molecule has 0 unspecified atom stereocenters. The van der Waals surface area contributed by atoms with Crippen molar-refractivity contribution in [2.75, 3.05) is 0 Å². The van der Waals surface area contributed by atoms with Crippen molar-refractivity contribution in [3.8, 4) is 67.3 Å². The number of benzene rings is 6. The highest BCUT2D eigenvalue weighted by molar-refractivity contribution is 6.30. The molecule has 1 saturated carbocycles. The molecule has 9 rings (SSSR count). The summed E-state index contributed by atoms with van der Waals surface area (Å²) in [5, 5.41) is 0.827. The van der Waals surface area contributed by atoms with E-state index >= 15 is 0 Å². The van der Waals surface area contributed by atoms with Gasteiger partial charge in [-0.2, -0.15) is 0 Å². The van der Waals surface area contributed by atoms with E-state index in [2.05, 4.69) is 127 Å². The number of nitrogens with zero attached hydrogens (tertiary/aromatic N) is 2. The van der Waals surface area contributed by atoms with Gasteiger partial charge in [0.2, 0.25) is 0 Å². The minimum Gasteiger partial charge on any atom is -0.243 e. The van der Waals surface area contributed by atoms with Gasteiger partial charge in [-0.25, -0.2) is 9.97 Å². The van der Waals surface area contributed by atoms with Gasteiger partial charge in [0, 0.05) is 32.7 Å². The van der Waals surface area contributed by atoms with E-state index in [0.29, 0.717) is 0 Å². The predicted molar refractivity (Wildman–Crippen MR) is 204 cm³/mol. The van der Waals surface area contributed by atoms with Crippen molar-refractivity contribution in [3.05, 3.63) is 168 Å². The van der Waals surface area contributed by atoms with Crippen LogP contribution in [-0.4, -0.2) is 9.97 Å². The number of halogens is 1. The Labute approximate surface area is 293 Å². The lowest BCUT2D eigenvalue weighted by molar-refractivity contribution is 0.353. The van der Waals surface area contributed by atoms with E-state index in [1.54, 1.807) is 0 Å². The molecule has 0 saturated heterocycles. The monoisotopic (exact) mass is 650 g/mol. The van der Waals surface area contributed by atoms with E-state index in [9.17, 15) is 0 Å². The number of hydrogen-bond acceptors (Lipinski definition) is 2. The lowest BCUT2D eigenvalue weighted by Gasteiger charge is -2.36. The summed E-state index contributed by atoms with van der Waals surface area (Å²) in [5.74, 6) is 0. The second kappa shape index (κ2) is 12.3. The van der Waals surface area contributed by atoms with E-state index in [-0.39, 0.29) is 5.41 Å². The Kier molecular flexibility index (Phi) is 7.48. The Morgan fingerprint density at radius 1 is 0.388 bits per heavy atom. The highest BCUT2D eigenvalue weighted by atomic mass is 35.5. The largest absolute Gasteiger partial charge is 0.243 e. The van der Waals surface area contributed by atoms with Crippen LogP contribution < -0.4 is 0 Å². The number of fused-ring (bicyclic) bond motifs is 5. The first-order valence-corrected chi connectivity index (χ1v) is 17.7. The first-order chi connectivity index (χ1) is 24.2. The van der Waals surface area contributed by atoms with Crippen molar-refractivity contribution in [1.29, 1.82) is 0 Å². The predicted octanol–water partition coefficient (Wildman–Crippen LogP) is 12.7. The van der Waals surface area contributed by atoms with E-state index in [1.165, 1.54) is 65.5 Å². The lowest BCUT2D eigenvalue weighted by Crippen LogP contribution is -2.28. The Bertz CT molecular complexity index is 2310. The summed E-state index contributed by atoms with van der Waals surface area (Å²) < 4.78 is 0. The number of rotatable bonds is 5. The van der Waals surface area contributed by atoms with Crippen LogP contribution in [0.2, 0.25) is 5.02 Å². The molecule has 2 aliphatic carbocycles. The van der Waals surface area contributed by atoms with Gasteiger partial charge in [-0.3, -0.25) is 0 Å². The zero-order valence-corrected chi connectivity index (χ0v) is 28.0. The zero-order chi connectivity index (χ0) is 32.8. The molecule has 236 valence electrons. The smallest absolute Gasteiger partial charge is 0.0973 e. The lowest BCUT2D eigenvalue weighted by atomic mass is 9.67. The van der Waals surface area contributed by atoms with Crippen molar-refractivity contribution in [2.24, 2.45) is 0 Å². The van der Waals surface area contributed by atoms with Crippen LogP contribution in [0.5, 0.6) is 0 Å². The third kappa shape index (κ3) is 5.19. The maximum Gasteiger partial charge on any atom is 0.0973 e. The summed E-state index contributed by atoms with van der Waals surface area (Å²) in [6.07, 6.45) is 6.13. The average Bonchev–Trinajstić information content (AvgIpc) is 3.42. The quantitative estimate of drug-likeness (QED) is 0.185. The maximum absolute atomic E-state index is 6.61. The summed E-state index contributed by atoms with van der Waals surface area (Å²) in [5.41, 5.74) is 15.7. The molecule has 0 radical (unpaired) electrons. The minimum absolute atomic E-state index is 0.0330. The SMILES string of the molecule is Clc1ccc2c(c1)C1(CCCCC1)c1cc(-c3cccc(-c4nc(-c5ccccc5)c(-c5ccccc5)nc4-c4ccccc4)c3)ccc1-2. The average molecular weight is 651 g/mol. The molecule has 1 fully saturated rings. The molecular formula is C46H35ClN2. The fourth-order valence-corrected chi connectivity index (χ4v) is 8.39. The Morgan fingerprint density at radius 3 is 1.41 bits per heavy atom. The Hall–Kier alpha value is -5.31. The summed E-state index contributed by atoms with van der Waals surface area (Å²) in [7, 11) is 0. The molecule has 7 aromatic rings. The molecule has 0 aliphatic heterocycles. The highest BCUT2D eigenvalue weighted by Gasteiger charge is 2.44. The molecule has 0 bridgehead atoms. The third-order valence-electron chi connectivity index (χ3n) is 10.5. The maximum atomic E-state index is 6.61. The van der Waals surface area contributed by atoms with Gasteiger partial charge in [-0.1, -0.05) is 158 Å². The van der Waals surface area contributed by atoms with Crippen LogP contribution in [0.25, 0.3) is 67.3 Å². The topological polar surface area (TPSA) is 25.8 Å². The Morgan fingerprint density at radius 2 is 0.837 bits per heavy atom. The summed E-state index contributed by atoms with van der Waals surface area (Å²) in [6, 6.07) is 53.7. The van der Waals surface area contributed by atoms with Crippen molar-refractivity contribution >= 4 is 11.6 Å². The van der Waals surface area contributed by atoms with Crippen LogP contribution in [0.15, 0.2) is 152 Å². The van der Waals surface area contributed by atoms with Crippen LogP contribution in [-0.2, 0) is 5.41 Å². The summed E-state index contributed by atoms with van der Waals surface area (Å²) in [6.45, 7) is 0. The van der Waals surface area contributed by atoms with Crippen molar-refractivity contribution in [2.45, 2.75) is 37.5 Å². The fourth-order valence-electron chi connectivity index (χ4n) is 8.22. The first-order valence-electron chi connectivity index (χ1n) is 17.3. The van der Waals surface area contributed by atoms with Gasteiger partial charge in [0.25, 0.3) is 0 Å². The van der Waals surface area contributed by atoms with Gasteiger partial charge in [0.1, 0.15) is 0 Å². The van der Waals surface area contributed by atoms with Gasteiger partial charge >= 0.3 is 0 Å². The molecule has 0 atom stereocenters. The molecule has 2 nitrogen and oxygen atoms in total. The molecule has 3 heteroatoms. The normalized spacial score (nSPS) is 14.4. The molecule has 1 heterocycles. The van der Waals surface area contributed by atoms with Crippen molar-refractivity contribution < 1.29 is 0 Å². The molecule has 1 aromatic heterocycles. The molecule has 6 aromatic carbocycles. The second-order valence-corrected chi connectivity index (χ2v) is 13.8. The third-order valence-corrected chi connectivity index (χ3v) is 10.8. The fraction of sp³-hybridized carbons (Fsp3) is 0.130. The van der Waals surface area contributed by atoms with Crippen LogP contribution in [0.3, 0.4) is 0 Å².